The fourth-order valence-corrected chi connectivity index (χ4v) is 4.70. The lowest BCUT2D eigenvalue weighted by atomic mass is 9.92. The van der Waals surface area contributed by atoms with Gasteiger partial charge in [-0.05, 0) is 56.5 Å². The van der Waals surface area contributed by atoms with Crippen LogP contribution in [-0.2, 0) is 9.84 Å². The van der Waals surface area contributed by atoms with Crippen LogP contribution in [0.1, 0.15) is 44.9 Å². The van der Waals surface area contributed by atoms with E-state index in [1.54, 1.807) is 12.1 Å². The summed E-state index contributed by atoms with van der Waals surface area (Å²) < 4.78 is 48.1. The first kappa shape index (κ1) is 18.6. The number of nitrogens with zero attached hydrogens (tertiary/aromatic N) is 1. The second kappa shape index (κ2) is 7.99. The zero-order valence-electron chi connectivity index (χ0n) is 14.3. The van der Waals surface area contributed by atoms with Crippen molar-refractivity contribution in [2.45, 2.75) is 67.7 Å². The molecule has 140 valence electrons. The summed E-state index contributed by atoms with van der Waals surface area (Å²) in [6, 6.07) is 6.67. The van der Waals surface area contributed by atoms with Gasteiger partial charge < -0.3 is 5.32 Å². The zero-order chi connectivity index (χ0) is 17.9. The standard InChI is InChI=1S/C18H26F2N2O2S/c19-18(20)25(23,24)17-10-8-14(9-11-17)21-15-5-4-12-22(13-15)16-6-2-1-3-7-16/h8-11,15-16,18,21H,1-7,12-13H2. The Kier molecular flexibility index (Phi) is 5.94. The number of likely N-dealkylation sites (tertiary alicyclic amines) is 1. The van der Waals surface area contributed by atoms with Crippen LogP contribution in [0.15, 0.2) is 29.2 Å². The van der Waals surface area contributed by atoms with Crippen LogP contribution in [0.5, 0.6) is 0 Å². The molecule has 2 fully saturated rings. The summed E-state index contributed by atoms with van der Waals surface area (Å²) in [6.45, 7) is 2.14. The van der Waals surface area contributed by atoms with Crippen LogP contribution >= 0.6 is 0 Å². The van der Waals surface area contributed by atoms with Gasteiger partial charge in [-0.3, -0.25) is 4.90 Å². The Morgan fingerprint density at radius 2 is 1.68 bits per heavy atom. The average Bonchev–Trinajstić information content (AvgIpc) is 2.63. The van der Waals surface area contributed by atoms with Gasteiger partial charge in [0.05, 0.1) is 4.90 Å². The van der Waals surface area contributed by atoms with Crippen molar-refractivity contribution in [2.75, 3.05) is 18.4 Å². The second-order valence-electron chi connectivity index (χ2n) is 7.10. The minimum absolute atomic E-state index is 0.313. The lowest BCUT2D eigenvalue weighted by Gasteiger charge is -2.40. The van der Waals surface area contributed by atoms with Crippen molar-refractivity contribution >= 4 is 15.5 Å². The minimum Gasteiger partial charge on any atom is -0.381 e. The first-order chi connectivity index (χ1) is 12.0. The fraction of sp³-hybridized carbons (Fsp3) is 0.667. The largest absolute Gasteiger partial charge is 0.381 e. The van der Waals surface area contributed by atoms with Crippen LogP contribution in [0.4, 0.5) is 14.5 Å². The Bertz CT molecular complexity index is 658. The van der Waals surface area contributed by atoms with Gasteiger partial charge in [-0.15, -0.1) is 0 Å². The minimum atomic E-state index is -4.52. The van der Waals surface area contributed by atoms with Crippen LogP contribution in [0.3, 0.4) is 0 Å². The molecule has 1 aliphatic carbocycles. The van der Waals surface area contributed by atoms with Gasteiger partial charge in [0.1, 0.15) is 0 Å². The number of hydrogen-bond acceptors (Lipinski definition) is 4. The SMILES string of the molecule is O=S(=O)(c1ccc(NC2CCCN(C3CCCCC3)C2)cc1)C(F)F. The first-order valence-corrected chi connectivity index (χ1v) is 10.6. The highest BCUT2D eigenvalue weighted by Gasteiger charge is 2.28. The molecule has 3 rings (SSSR count). The summed E-state index contributed by atoms with van der Waals surface area (Å²) in [5.74, 6) is -3.38. The summed E-state index contributed by atoms with van der Waals surface area (Å²) in [5, 5.41) is 3.43. The van der Waals surface area contributed by atoms with E-state index in [-0.39, 0.29) is 4.90 Å². The van der Waals surface area contributed by atoms with Gasteiger partial charge >= 0.3 is 5.76 Å². The fourth-order valence-electron chi connectivity index (χ4n) is 3.98. The normalized spacial score (nSPS) is 23.7. The Balaban J connectivity index is 1.60. The van der Waals surface area contributed by atoms with Gasteiger partial charge in [0.25, 0.3) is 0 Å². The first-order valence-electron chi connectivity index (χ1n) is 9.09. The maximum absolute atomic E-state index is 12.6. The van der Waals surface area contributed by atoms with E-state index >= 15 is 0 Å². The van der Waals surface area contributed by atoms with E-state index in [4.69, 9.17) is 0 Å². The van der Waals surface area contributed by atoms with E-state index in [0.717, 1.165) is 31.6 Å². The third kappa shape index (κ3) is 4.50. The highest BCUT2D eigenvalue weighted by atomic mass is 32.2. The Morgan fingerprint density at radius 3 is 2.32 bits per heavy atom. The quantitative estimate of drug-likeness (QED) is 0.852. The molecule has 25 heavy (non-hydrogen) atoms. The summed E-state index contributed by atoms with van der Waals surface area (Å²) in [4.78, 5) is 2.25. The predicted octanol–water partition coefficient (Wildman–Crippen LogP) is 3.89. The van der Waals surface area contributed by atoms with Gasteiger partial charge in [-0.1, -0.05) is 19.3 Å². The molecule has 1 saturated heterocycles. The van der Waals surface area contributed by atoms with Crippen LogP contribution in [0, 0.1) is 0 Å². The molecular formula is C18H26F2N2O2S. The smallest absolute Gasteiger partial charge is 0.341 e. The number of piperidine rings is 1. The third-order valence-electron chi connectivity index (χ3n) is 5.33. The molecule has 1 heterocycles. The summed E-state index contributed by atoms with van der Waals surface area (Å²) in [7, 11) is -4.52. The molecule has 1 aromatic rings. The van der Waals surface area contributed by atoms with Crippen molar-refractivity contribution in [1.82, 2.24) is 4.90 Å². The molecule has 1 aromatic carbocycles. The van der Waals surface area contributed by atoms with Crippen molar-refractivity contribution in [3.05, 3.63) is 24.3 Å². The van der Waals surface area contributed by atoms with Crippen molar-refractivity contribution in [1.29, 1.82) is 0 Å². The van der Waals surface area contributed by atoms with Gasteiger partial charge in [-0.25, -0.2) is 8.42 Å². The summed E-state index contributed by atoms with van der Waals surface area (Å²) in [5.41, 5.74) is 0.781. The van der Waals surface area contributed by atoms with E-state index in [1.165, 1.54) is 44.2 Å². The molecule has 1 atom stereocenters. The number of halogens is 2. The third-order valence-corrected chi connectivity index (χ3v) is 6.73. The maximum atomic E-state index is 12.6. The van der Waals surface area contributed by atoms with E-state index in [9.17, 15) is 17.2 Å². The van der Waals surface area contributed by atoms with Crippen LogP contribution in [-0.4, -0.2) is 44.2 Å². The van der Waals surface area contributed by atoms with E-state index < -0.39 is 15.6 Å². The number of anilines is 1. The van der Waals surface area contributed by atoms with Gasteiger partial charge in [-0.2, -0.15) is 8.78 Å². The molecule has 1 unspecified atom stereocenters. The Morgan fingerprint density at radius 1 is 1.00 bits per heavy atom. The van der Waals surface area contributed by atoms with E-state index in [0.29, 0.717) is 12.1 Å². The number of rotatable bonds is 5. The van der Waals surface area contributed by atoms with Gasteiger partial charge in [0, 0.05) is 24.3 Å². The summed E-state index contributed by atoms with van der Waals surface area (Å²) >= 11 is 0. The average molecular weight is 372 g/mol. The maximum Gasteiger partial charge on any atom is 0.341 e. The van der Waals surface area contributed by atoms with Crippen molar-refractivity contribution in [3.8, 4) is 0 Å². The lowest BCUT2D eigenvalue weighted by Crippen LogP contribution is -2.47. The molecule has 4 nitrogen and oxygen atoms in total. The zero-order valence-corrected chi connectivity index (χ0v) is 15.1. The second-order valence-corrected chi connectivity index (χ2v) is 9.02. The van der Waals surface area contributed by atoms with E-state index in [2.05, 4.69) is 10.2 Å². The molecule has 1 aliphatic heterocycles. The van der Waals surface area contributed by atoms with Crippen molar-refractivity contribution < 1.29 is 17.2 Å². The van der Waals surface area contributed by atoms with E-state index in [1.807, 2.05) is 0 Å². The van der Waals surface area contributed by atoms with Gasteiger partial charge in [0.15, 0.2) is 0 Å². The van der Waals surface area contributed by atoms with Crippen LogP contribution in [0.2, 0.25) is 0 Å². The molecular weight excluding hydrogens is 346 g/mol. The monoisotopic (exact) mass is 372 g/mol. The van der Waals surface area contributed by atoms with Crippen molar-refractivity contribution in [2.24, 2.45) is 0 Å². The highest BCUT2D eigenvalue weighted by Crippen LogP contribution is 2.27. The number of sulfone groups is 1. The number of hydrogen-bond donors (Lipinski definition) is 1. The van der Waals surface area contributed by atoms with Crippen molar-refractivity contribution in [3.63, 3.8) is 0 Å². The molecule has 1 N–H and O–H groups in total. The Hall–Kier alpha value is -1.21. The molecule has 2 aliphatic rings. The molecule has 0 amide bonds. The molecule has 7 heteroatoms. The Labute approximate surface area is 148 Å². The number of nitrogens with one attached hydrogen (secondary N) is 1. The predicted molar refractivity (Wildman–Crippen MR) is 94.7 cm³/mol. The topological polar surface area (TPSA) is 49.4 Å². The van der Waals surface area contributed by atoms with Crippen LogP contribution in [0.25, 0.3) is 0 Å². The molecule has 0 radical (unpaired) electrons. The van der Waals surface area contributed by atoms with Crippen LogP contribution < -0.4 is 5.32 Å². The molecule has 0 spiro atoms. The number of benzene rings is 1. The molecule has 0 aromatic heterocycles. The lowest BCUT2D eigenvalue weighted by molar-refractivity contribution is 0.124. The van der Waals surface area contributed by atoms with Gasteiger partial charge in [0.2, 0.25) is 9.84 Å². The number of alkyl halides is 2. The summed E-state index contributed by atoms with van der Waals surface area (Å²) in [6.07, 6.45) is 8.77. The molecule has 0 bridgehead atoms. The molecule has 1 saturated carbocycles. The highest BCUT2D eigenvalue weighted by molar-refractivity contribution is 7.91.